The molecule has 0 atom stereocenters. The van der Waals surface area contributed by atoms with E-state index < -0.39 is 15.6 Å². The Morgan fingerprint density at radius 2 is 1.03 bits per heavy atom. The fraction of sp³-hybridized carbons (Fsp3) is 0. The Bertz CT molecular complexity index is 1270. The molecular weight excluding hydrogens is 412 g/mol. The molecule has 0 aliphatic rings. The highest BCUT2D eigenvalue weighted by Gasteiger charge is 2.26. The first-order valence-electron chi connectivity index (χ1n) is 9.41. The zero-order valence-electron chi connectivity index (χ0n) is 16.4. The average molecular weight is 426 g/mol. The monoisotopic (exact) mass is 426 g/mol. The van der Waals surface area contributed by atoms with E-state index >= 15 is 0 Å². The first kappa shape index (κ1) is 20.5. The summed E-state index contributed by atoms with van der Waals surface area (Å²) in [6.45, 7) is 0. The molecule has 0 N–H and O–H groups in total. The summed E-state index contributed by atoms with van der Waals surface area (Å²) in [5.41, 5.74) is 0.527. The number of benzene rings is 2. The Morgan fingerprint density at radius 3 is 1.44 bits per heavy atom. The van der Waals surface area contributed by atoms with E-state index in [-0.39, 0.29) is 45.0 Å². The molecule has 9 heteroatoms. The maximum absolute atomic E-state index is 13.6. The van der Waals surface area contributed by atoms with Gasteiger partial charge >= 0.3 is 0 Å². The molecule has 2 heterocycles. The molecule has 0 saturated carbocycles. The zero-order valence-corrected chi connectivity index (χ0v) is 16.4. The molecule has 0 bridgehead atoms. The summed E-state index contributed by atoms with van der Waals surface area (Å²) >= 11 is 0. The third-order valence-electron chi connectivity index (χ3n) is 4.82. The van der Waals surface area contributed by atoms with Gasteiger partial charge in [-0.15, -0.1) is 0 Å². The Kier molecular flexibility index (Phi) is 5.45. The van der Waals surface area contributed by atoms with E-state index in [4.69, 9.17) is 0 Å². The van der Waals surface area contributed by atoms with Crippen molar-refractivity contribution in [2.24, 2.45) is 0 Å². The van der Waals surface area contributed by atoms with Crippen LogP contribution in [0.4, 0.5) is 11.4 Å². The van der Waals surface area contributed by atoms with Gasteiger partial charge < -0.3 is 0 Å². The Balaban J connectivity index is 1.90. The van der Waals surface area contributed by atoms with Crippen molar-refractivity contribution in [1.82, 2.24) is 9.97 Å². The molecule has 2 aromatic carbocycles. The van der Waals surface area contributed by atoms with Gasteiger partial charge in [-0.2, -0.15) is 0 Å². The van der Waals surface area contributed by atoms with Crippen molar-refractivity contribution in [2.75, 3.05) is 0 Å². The minimum absolute atomic E-state index is 0.120. The summed E-state index contributed by atoms with van der Waals surface area (Å²) in [4.78, 5) is 44.0. The minimum atomic E-state index is -0.541. The summed E-state index contributed by atoms with van der Waals surface area (Å²) in [6, 6.07) is 18.1. The number of para-hydroxylation sites is 2. The fourth-order valence-electron chi connectivity index (χ4n) is 3.42. The first-order chi connectivity index (χ1) is 15.5. The standard InChI is InChI=1S/C23H14N4O5/c28-23(17-9-5-13-24-21(17)15-7-1-3-11-19(15)26(29)30)18-10-6-14-25-22(18)16-8-2-4-12-20(16)27(31)32/h1-14H. The maximum Gasteiger partial charge on any atom is 0.278 e. The van der Waals surface area contributed by atoms with Crippen LogP contribution in [-0.2, 0) is 0 Å². The molecule has 0 radical (unpaired) electrons. The Morgan fingerprint density at radius 1 is 0.625 bits per heavy atom. The quantitative estimate of drug-likeness (QED) is 0.244. The van der Waals surface area contributed by atoms with Crippen LogP contribution in [0.15, 0.2) is 85.2 Å². The van der Waals surface area contributed by atoms with Crippen LogP contribution in [0.5, 0.6) is 0 Å². The van der Waals surface area contributed by atoms with Gasteiger partial charge in [0.25, 0.3) is 11.4 Å². The molecule has 0 spiro atoms. The molecule has 0 aliphatic carbocycles. The highest BCUT2D eigenvalue weighted by atomic mass is 16.6. The molecule has 32 heavy (non-hydrogen) atoms. The average Bonchev–Trinajstić information content (AvgIpc) is 2.83. The van der Waals surface area contributed by atoms with E-state index in [1.807, 2.05) is 0 Å². The van der Waals surface area contributed by atoms with Gasteiger partial charge in [-0.1, -0.05) is 24.3 Å². The van der Waals surface area contributed by atoms with Crippen molar-refractivity contribution in [2.45, 2.75) is 0 Å². The lowest BCUT2D eigenvalue weighted by atomic mass is 9.94. The van der Waals surface area contributed by atoms with E-state index in [0.29, 0.717) is 0 Å². The summed E-state index contributed by atoms with van der Waals surface area (Å²) in [5, 5.41) is 23.0. The van der Waals surface area contributed by atoms with Crippen LogP contribution in [0, 0.1) is 20.2 Å². The van der Waals surface area contributed by atoms with Crippen molar-refractivity contribution in [3.05, 3.63) is 117 Å². The zero-order chi connectivity index (χ0) is 22.7. The number of nitrogens with zero attached hydrogens (tertiary/aromatic N) is 4. The van der Waals surface area contributed by atoms with Crippen molar-refractivity contribution in [3.8, 4) is 22.5 Å². The molecule has 9 nitrogen and oxygen atoms in total. The van der Waals surface area contributed by atoms with E-state index in [0.717, 1.165) is 0 Å². The molecule has 4 aromatic rings. The van der Waals surface area contributed by atoms with Gasteiger partial charge in [-0.3, -0.25) is 35.0 Å². The largest absolute Gasteiger partial charge is 0.288 e. The second-order valence-electron chi connectivity index (χ2n) is 6.68. The number of aromatic nitrogens is 2. The highest BCUT2D eigenvalue weighted by Crippen LogP contribution is 2.34. The smallest absolute Gasteiger partial charge is 0.278 e. The number of carbonyl (C=O) groups is 1. The third-order valence-corrected chi connectivity index (χ3v) is 4.82. The molecule has 0 fully saturated rings. The molecule has 156 valence electrons. The maximum atomic E-state index is 13.6. The number of ketones is 1. The lowest BCUT2D eigenvalue weighted by molar-refractivity contribution is -0.384. The third kappa shape index (κ3) is 3.70. The van der Waals surface area contributed by atoms with Crippen LogP contribution in [0.25, 0.3) is 22.5 Å². The van der Waals surface area contributed by atoms with Crippen molar-refractivity contribution < 1.29 is 14.6 Å². The van der Waals surface area contributed by atoms with Crippen LogP contribution in [-0.4, -0.2) is 25.6 Å². The van der Waals surface area contributed by atoms with Gasteiger partial charge in [0.2, 0.25) is 0 Å². The SMILES string of the molecule is O=C(c1cccnc1-c1ccccc1[N+](=O)[O-])c1cccnc1-c1ccccc1[N+](=O)[O-]. The van der Waals surface area contributed by atoms with Gasteiger partial charge in [0, 0.05) is 35.7 Å². The Hall–Kier alpha value is -4.79. The summed E-state index contributed by atoms with van der Waals surface area (Å²) in [6.07, 6.45) is 2.88. The second kappa shape index (κ2) is 8.52. The summed E-state index contributed by atoms with van der Waals surface area (Å²) in [5.74, 6) is -0.507. The topological polar surface area (TPSA) is 129 Å². The van der Waals surface area contributed by atoms with Crippen molar-refractivity contribution in [1.29, 1.82) is 0 Å². The number of pyridine rings is 2. The Labute approximate surface area is 181 Å². The fourth-order valence-corrected chi connectivity index (χ4v) is 3.42. The number of hydrogen-bond donors (Lipinski definition) is 0. The molecule has 0 unspecified atom stereocenters. The number of hydrogen-bond acceptors (Lipinski definition) is 7. The number of carbonyl (C=O) groups excluding carboxylic acids is 1. The summed E-state index contributed by atoms with van der Waals surface area (Å²) in [7, 11) is 0. The van der Waals surface area contributed by atoms with Gasteiger partial charge in [-0.05, 0) is 36.4 Å². The molecule has 2 aromatic heterocycles. The van der Waals surface area contributed by atoms with Crippen LogP contribution >= 0.6 is 0 Å². The van der Waals surface area contributed by atoms with E-state index in [9.17, 15) is 25.0 Å². The molecule has 4 rings (SSSR count). The van der Waals surface area contributed by atoms with E-state index in [1.54, 1.807) is 24.3 Å². The van der Waals surface area contributed by atoms with Gasteiger partial charge in [0.15, 0.2) is 5.78 Å². The predicted molar refractivity (Wildman–Crippen MR) is 116 cm³/mol. The minimum Gasteiger partial charge on any atom is -0.288 e. The molecule has 0 amide bonds. The summed E-state index contributed by atoms with van der Waals surface area (Å²) < 4.78 is 0. The highest BCUT2D eigenvalue weighted by molar-refractivity contribution is 6.15. The van der Waals surface area contributed by atoms with Crippen LogP contribution in [0.1, 0.15) is 15.9 Å². The molecule has 0 aliphatic heterocycles. The van der Waals surface area contributed by atoms with Gasteiger partial charge in [-0.25, -0.2) is 0 Å². The number of rotatable bonds is 6. The van der Waals surface area contributed by atoms with Crippen LogP contribution in [0.2, 0.25) is 0 Å². The van der Waals surface area contributed by atoms with E-state index in [1.165, 1.54) is 60.9 Å². The predicted octanol–water partition coefficient (Wildman–Crippen LogP) is 4.86. The molecular formula is C23H14N4O5. The van der Waals surface area contributed by atoms with Gasteiger partial charge in [0.1, 0.15) is 0 Å². The second-order valence-corrected chi connectivity index (χ2v) is 6.68. The number of nitro benzene ring substituents is 2. The lowest BCUT2D eigenvalue weighted by Gasteiger charge is -2.11. The van der Waals surface area contributed by atoms with Gasteiger partial charge in [0.05, 0.1) is 32.4 Å². The van der Waals surface area contributed by atoms with Crippen molar-refractivity contribution >= 4 is 17.2 Å². The lowest BCUT2D eigenvalue weighted by Crippen LogP contribution is -2.08. The van der Waals surface area contributed by atoms with E-state index in [2.05, 4.69) is 9.97 Å². The molecule has 0 saturated heterocycles. The van der Waals surface area contributed by atoms with Crippen molar-refractivity contribution in [3.63, 3.8) is 0 Å². The first-order valence-corrected chi connectivity index (χ1v) is 9.41. The number of nitro groups is 2. The normalized spacial score (nSPS) is 10.5. The van der Waals surface area contributed by atoms with Crippen LogP contribution in [0.3, 0.4) is 0 Å². The van der Waals surface area contributed by atoms with Crippen LogP contribution < -0.4 is 0 Å².